The summed E-state index contributed by atoms with van der Waals surface area (Å²) in [5, 5.41) is 1.41. The molecule has 1 nitrogen and oxygen atoms in total. The molecule has 0 unspecified atom stereocenters. The van der Waals surface area contributed by atoms with Crippen LogP contribution in [0.1, 0.15) is 32.0 Å². The van der Waals surface area contributed by atoms with Gasteiger partial charge in [-0.2, -0.15) is 0 Å². The molecule has 0 aliphatic carbocycles. The van der Waals surface area contributed by atoms with Gasteiger partial charge in [-0.3, -0.25) is 0 Å². The Morgan fingerprint density at radius 3 is 2.60 bits per heavy atom. The summed E-state index contributed by atoms with van der Waals surface area (Å²) in [5.41, 5.74) is 4.21. The molecular weight excluding hydrogens is 182 g/mol. The average Bonchev–Trinajstić information content (AvgIpc) is 2.56. The highest BCUT2D eigenvalue weighted by Crippen LogP contribution is 2.25. The Hall–Kier alpha value is -1.24. The van der Waals surface area contributed by atoms with Crippen molar-refractivity contribution in [1.82, 2.24) is 4.98 Å². The molecule has 1 heterocycles. The summed E-state index contributed by atoms with van der Waals surface area (Å²) < 4.78 is 0. The Morgan fingerprint density at radius 2 is 1.93 bits per heavy atom. The van der Waals surface area contributed by atoms with Crippen LogP contribution in [-0.4, -0.2) is 4.98 Å². The highest BCUT2D eigenvalue weighted by molar-refractivity contribution is 5.84. The Bertz CT molecular complexity index is 451. The van der Waals surface area contributed by atoms with Crippen molar-refractivity contribution >= 4 is 10.9 Å². The van der Waals surface area contributed by atoms with E-state index < -0.39 is 0 Å². The number of hydrogen-bond acceptors (Lipinski definition) is 0. The van der Waals surface area contributed by atoms with Gasteiger partial charge in [0.15, 0.2) is 0 Å². The number of fused-ring (bicyclic) bond motifs is 1. The van der Waals surface area contributed by atoms with E-state index in [9.17, 15) is 0 Å². The summed E-state index contributed by atoms with van der Waals surface area (Å²) in [6.45, 7) is 6.77. The molecule has 15 heavy (non-hydrogen) atoms. The van der Waals surface area contributed by atoms with Gasteiger partial charge < -0.3 is 4.98 Å². The molecule has 0 bridgehead atoms. The number of benzene rings is 1. The monoisotopic (exact) mass is 201 g/mol. The maximum absolute atomic E-state index is 3.52. The zero-order valence-electron chi connectivity index (χ0n) is 9.80. The third kappa shape index (κ3) is 1.92. The molecule has 1 aromatic heterocycles. The summed E-state index contributed by atoms with van der Waals surface area (Å²) >= 11 is 0. The number of nitrogens with one attached hydrogen (secondary N) is 1. The Labute approximate surface area is 91.5 Å². The van der Waals surface area contributed by atoms with Crippen LogP contribution in [0.2, 0.25) is 0 Å². The van der Waals surface area contributed by atoms with Crippen LogP contribution in [-0.2, 0) is 12.8 Å². The molecule has 0 aliphatic rings. The van der Waals surface area contributed by atoms with Crippen molar-refractivity contribution in [3.8, 4) is 0 Å². The fourth-order valence-electron chi connectivity index (χ4n) is 2.20. The smallest absolute Gasteiger partial charge is 0.0458 e. The summed E-state index contributed by atoms with van der Waals surface area (Å²) in [6.07, 6.45) is 2.27. The van der Waals surface area contributed by atoms with Gasteiger partial charge >= 0.3 is 0 Å². The van der Waals surface area contributed by atoms with Crippen LogP contribution >= 0.6 is 0 Å². The number of aromatic nitrogens is 1. The zero-order valence-corrected chi connectivity index (χ0v) is 9.80. The summed E-state index contributed by atoms with van der Waals surface area (Å²) in [7, 11) is 0. The molecule has 1 aromatic carbocycles. The third-order valence-electron chi connectivity index (χ3n) is 2.87. The molecule has 2 aromatic rings. The van der Waals surface area contributed by atoms with Crippen molar-refractivity contribution in [2.45, 2.75) is 33.6 Å². The molecule has 0 atom stereocenters. The molecule has 0 saturated carbocycles. The number of aryl methyl sites for hydroxylation is 1. The highest BCUT2D eigenvalue weighted by atomic mass is 14.7. The lowest BCUT2D eigenvalue weighted by Crippen LogP contribution is -1.96. The molecule has 0 spiro atoms. The van der Waals surface area contributed by atoms with E-state index in [0.29, 0.717) is 0 Å². The number of rotatable bonds is 3. The van der Waals surface area contributed by atoms with Crippen LogP contribution in [0.25, 0.3) is 10.9 Å². The minimum atomic E-state index is 0.717. The fraction of sp³-hybridized carbons (Fsp3) is 0.429. The molecule has 80 valence electrons. The van der Waals surface area contributed by atoms with Crippen LogP contribution in [0.15, 0.2) is 24.3 Å². The van der Waals surface area contributed by atoms with E-state index in [-0.39, 0.29) is 0 Å². The first kappa shape index (κ1) is 10.3. The van der Waals surface area contributed by atoms with Crippen molar-refractivity contribution in [2.24, 2.45) is 5.92 Å². The van der Waals surface area contributed by atoms with E-state index in [2.05, 4.69) is 50.0 Å². The lowest BCUT2D eigenvalue weighted by molar-refractivity contribution is 0.645. The summed E-state index contributed by atoms with van der Waals surface area (Å²) in [6, 6.07) is 8.61. The second-order valence-corrected chi connectivity index (χ2v) is 4.58. The Morgan fingerprint density at radius 1 is 1.20 bits per heavy atom. The number of hydrogen-bond donors (Lipinski definition) is 1. The van der Waals surface area contributed by atoms with E-state index in [4.69, 9.17) is 0 Å². The summed E-state index contributed by atoms with van der Waals surface area (Å²) in [4.78, 5) is 3.52. The fourth-order valence-corrected chi connectivity index (χ4v) is 2.20. The Balaban J connectivity index is 2.56. The zero-order chi connectivity index (χ0) is 10.8. The molecule has 1 heteroatoms. The van der Waals surface area contributed by atoms with E-state index in [1.807, 2.05) is 0 Å². The normalized spacial score (nSPS) is 11.5. The van der Waals surface area contributed by atoms with Crippen LogP contribution in [0, 0.1) is 5.92 Å². The molecule has 0 amide bonds. The maximum atomic E-state index is 3.52. The number of aromatic amines is 1. The highest BCUT2D eigenvalue weighted by Gasteiger charge is 2.10. The van der Waals surface area contributed by atoms with Gasteiger partial charge in [-0.15, -0.1) is 0 Å². The SMILES string of the molecule is CCc1[nH]c2ccccc2c1CC(C)C. The van der Waals surface area contributed by atoms with Crippen molar-refractivity contribution in [1.29, 1.82) is 0 Å². The molecule has 0 aliphatic heterocycles. The van der Waals surface area contributed by atoms with Crippen molar-refractivity contribution < 1.29 is 0 Å². The minimum Gasteiger partial charge on any atom is -0.358 e. The molecule has 2 rings (SSSR count). The molecule has 0 fully saturated rings. The second-order valence-electron chi connectivity index (χ2n) is 4.58. The van der Waals surface area contributed by atoms with E-state index >= 15 is 0 Å². The van der Waals surface area contributed by atoms with E-state index in [1.165, 1.54) is 28.6 Å². The Kier molecular flexibility index (Phi) is 2.81. The standard InChI is InChI=1S/C14H19N/c1-4-13-12(9-10(2)3)11-7-5-6-8-14(11)15-13/h5-8,10,15H,4,9H2,1-3H3. The lowest BCUT2D eigenvalue weighted by Gasteiger charge is -2.05. The maximum Gasteiger partial charge on any atom is 0.0458 e. The van der Waals surface area contributed by atoms with Crippen molar-refractivity contribution in [2.75, 3.05) is 0 Å². The van der Waals surface area contributed by atoms with Crippen LogP contribution in [0.4, 0.5) is 0 Å². The van der Waals surface area contributed by atoms with E-state index in [0.717, 1.165) is 12.3 Å². The van der Waals surface area contributed by atoms with Gasteiger partial charge in [-0.05, 0) is 30.4 Å². The van der Waals surface area contributed by atoms with Crippen molar-refractivity contribution in [3.63, 3.8) is 0 Å². The van der Waals surface area contributed by atoms with Gasteiger partial charge in [-0.1, -0.05) is 39.0 Å². The first-order chi connectivity index (χ1) is 7.22. The van der Waals surface area contributed by atoms with Crippen LogP contribution in [0.5, 0.6) is 0 Å². The quantitative estimate of drug-likeness (QED) is 0.774. The van der Waals surface area contributed by atoms with Gasteiger partial charge in [0.2, 0.25) is 0 Å². The van der Waals surface area contributed by atoms with Gasteiger partial charge in [0.1, 0.15) is 0 Å². The molecule has 1 N–H and O–H groups in total. The van der Waals surface area contributed by atoms with Crippen LogP contribution < -0.4 is 0 Å². The predicted octanol–water partition coefficient (Wildman–Crippen LogP) is 3.93. The topological polar surface area (TPSA) is 15.8 Å². The van der Waals surface area contributed by atoms with E-state index in [1.54, 1.807) is 0 Å². The lowest BCUT2D eigenvalue weighted by atomic mass is 9.99. The minimum absolute atomic E-state index is 0.717. The summed E-state index contributed by atoms with van der Waals surface area (Å²) in [5.74, 6) is 0.717. The number of para-hydroxylation sites is 1. The van der Waals surface area contributed by atoms with Gasteiger partial charge in [-0.25, -0.2) is 0 Å². The predicted molar refractivity (Wildman–Crippen MR) is 66.2 cm³/mol. The third-order valence-corrected chi connectivity index (χ3v) is 2.87. The molecule has 0 radical (unpaired) electrons. The molecular formula is C14H19N. The van der Waals surface area contributed by atoms with Crippen LogP contribution in [0.3, 0.4) is 0 Å². The van der Waals surface area contributed by atoms with Crippen molar-refractivity contribution in [3.05, 3.63) is 35.5 Å². The van der Waals surface area contributed by atoms with Gasteiger partial charge in [0, 0.05) is 16.6 Å². The molecule has 0 saturated heterocycles. The first-order valence-electron chi connectivity index (χ1n) is 5.80. The van der Waals surface area contributed by atoms with Gasteiger partial charge in [0.25, 0.3) is 0 Å². The average molecular weight is 201 g/mol. The largest absolute Gasteiger partial charge is 0.358 e. The van der Waals surface area contributed by atoms with Gasteiger partial charge in [0.05, 0.1) is 0 Å². The number of H-pyrrole nitrogens is 1. The first-order valence-corrected chi connectivity index (χ1v) is 5.80. The second kappa shape index (κ2) is 4.09.